The molecule has 4 aliphatic rings. The van der Waals surface area contributed by atoms with Crippen molar-refractivity contribution in [2.45, 2.75) is 139 Å². The van der Waals surface area contributed by atoms with E-state index in [0.717, 1.165) is 58.4 Å². The number of rotatable bonds is 22. The number of hydrogen-bond acceptors (Lipinski definition) is 11. The van der Waals surface area contributed by atoms with Gasteiger partial charge in [0.15, 0.2) is 0 Å². The lowest BCUT2D eigenvalue weighted by Crippen LogP contribution is -2.66. The Kier molecular flexibility index (Phi) is 20.3. The van der Waals surface area contributed by atoms with Crippen LogP contribution in [0, 0.1) is 23.5 Å². The average Bonchev–Trinajstić information content (AvgIpc) is 2.56. The number of methoxy groups -OCH3 is 1. The van der Waals surface area contributed by atoms with E-state index in [1.807, 2.05) is 84.9 Å². The summed E-state index contributed by atoms with van der Waals surface area (Å²) >= 11 is 0. The first-order valence-corrected chi connectivity index (χ1v) is 30.5. The molecule has 0 aromatic heterocycles. The van der Waals surface area contributed by atoms with Gasteiger partial charge in [0.1, 0.15) is 47.9 Å². The molecule has 20 heteroatoms. The number of nitrogens with zero attached hydrogens (tertiary/aromatic N) is 4. The highest BCUT2D eigenvalue weighted by Crippen LogP contribution is 2.38. The molecule has 0 radical (unpaired) electrons. The number of nitrogens with two attached hydrogens (primary N) is 2. The molecule has 0 unspecified atom stereocenters. The molecule has 2 aliphatic heterocycles. The summed E-state index contributed by atoms with van der Waals surface area (Å²) in [7, 11) is 1.31. The van der Waals surface area contributed by atoms with E-state index in [1.165, 1.54) is 55.0 Å². The summed E-state index contributed by atoms with van der Waals surface area (Å²) in [4.78, 5) is 114. The van der Waals surface area contributed by atoms with Crippen molar-refractivity contribution in [1.29, 1.82) is 0 Å². The minimum atomic E-state index is -1.26. The molecule has 470 valence electrons. The molecule has 0 spiro atoms. The standard InChI is InChI=1S/C35H41FN4O5.C34H39FN4O5/c1-35(2,37)34(44)38-28(19-22-11-14-27(36)15-12-22)31(41)39-16-17-40(32(42)29(39)20-23-8-9-23)30(33(43)45-3)21-24-10-13-25-6-4-5-7-26(25)18-24;1-34(2,36)33(44)37-27(18-21-10-13-26(35)14-11-21)30(40)38-15-16-39(31(41)28(38)19-22-7-8-22)29(32(42)43)20-23-9-12-24-5-3-4-6-25(24)17-23/h4-7,10-15,18,23,28-30H,8-9,16-17,19-21,37H2,1-3H3,(H,38,44);3-6,9-14,17,22,27-29H,7-8,15-16,18-20,36H2,1-2H3,(H,37,44)(H,42,43)/t28-,29+,30+;27-,28+,29+/m11/s1. The third-order valence-electron chi connectivity index (χ3n) is 17.2. The van der Waals surface area contributed by atoms with Crippen molar-refractivity contribution in [2.24, 2.45) is 23.3 Å². The highest BCUT2D eigenvalue weighted by molar-refractivity contribution is 5.98. The summed E-state index contributed by atoms with van der Waals surface area (Å²) in [5, 5.41) is 19.9. The quantitative estimate of drug-likeness (QED) is 0.0448. The fraction of sp³-hybridized carbons (Fsp3) is 0.420. The monoisotopic (exact) mass is 1220 g/mol. The van der Waals surface area contributed by atoms with Gasteiger partial charge in [-0.15, -0.1) is 0 Å². The van der Waals surface area contributed by atoms with E-state index < -0.39 is 100 Å². The van der Waals surface area contributed by atoms with Crippen molar-refractivity contribution in [3.63, 3.8) is 0 Å². The first kappa shape index (κ1) is 64.8. The zero-order valence-corrected chi connectivity index (χ0v) is 51.0. The van der Waals surface area contributed by atoms with E-state index >= 15 is 0 Å². The number of carbonyl (C=O) groups excluding carboxylic acids is 7. The van der Waals surface area contributed by atoms with Crippen LogP contribution >= 0.6 is 0 Å². The minimum absolute atomic E-state index is 0.0376. The van der Waals surface area contributed by atoms with Gasteiger partial charge in [-0.3, -0.25) is 28.8 Å². The van der Waals surface area contributed by atoms with Crippen LogP contribution in [0.3, 0.4) is 0 Å². The summed E-state index contributed by atoms with van der Waals surface area (Å²) in [6, 6.07) is 33.1. The lowest BCUT2D eigenvalue weighted by atomic mass is 9.96. The largest absolute Gasteiger partial charge is 0.480 e. The van der Waals surface area contributed by atoms with Gasteiger partial charge >= 0.3 is 11.9 Å². The van der Waals surface area contributed by atoms with Gasteiger partial charge in [-0.05, 0) is 120 Å². The average molecular weight is 1220 g/mol. The molecule has 2 saturated carbocycles. The maximum Gasteiger partial charge on any atom is 0.328 e. The Morgan fingerprint density at radius 1 is 0.528 bits per heavy atom. The van der Waals surface area contributed by atoms with E-state index in [1.54, 1.807) is 47.9 Å². The predicted molar refractivity (Wildman–Crippen MR) is 332 cm³/mol. The SMILES string of the molecule is CC(C)(N)C(=O)N[C@H](Cc1ccc(F)cc1)C(=O)N1CCN([C@@H](Cc2ccc3ccccc3c2)C(=O)O)C(=O)[C@@H]1CC1CC1.COC(=O)[C@H](Cc1ccc2ccccc2c1)N1CCN(C(=O)[C@@H](Cc2ccc(F)cc2)NC(=O)C(C)(C)N)[C@@H](CC2CC2)C1=O. The van der Waals surface area contributed by atoms with Crippen LogP contribution < -0.4 is 22.1 Å². The van der Waals surface area contributed by atoms with Crippen LogP contribution in [0.15, 0.2) is 133 Å². The highest BCUT2D eigenvalue weighted by atomic mass is 19.1. The number of amides is 6. The van der Waals surface area contributed by atoms with E-state index in [9.17, 15) is 52.2 Å². The Balaban J connectivity index is 0.000000211. The Hall–Kier alpha value is -8.62. The van der Waals surface area contributed by atoms with Crippen LogP contribution in [0.5, 0.6) is 0 Å². The Morgan fingerprint density at radius 2 is 0.888 bits per heavy atom. The second kappa shape index (κ2) is 27.8. The number of carboxylic acids is 1. The fourth-order valence-corrected chi connectivity index (χ4v) is 11.7. The zero-order chi connectivity index (χ0) is 63.9. The van der Waals surface area contributed by atoms with Gasteiger partial charge in [-0.2, -0.15) is 0 Å². The van der Waals surface area contributed by atoms with Crippen molar-refractivity contribution in [2.75, 3.05) is 33.3 Å². The summed E-state index contributed by atoms with van der Waals surface area (Å²) in [6.45, 7) is 6.60. The van der Waals surface area contributed by atoms with Gasteiger partial charge in [0.05, 0.1) is 18.2 Å². The van der Waals surface area contributed by atoms with Crippen molar-refractivity contribution < 1.29 is 57.0 Å². The summed E-state index contributed by atoms with van der Waals surface area (Å²) < 4.78 is 32.4. The topological polar surface area (TPSA) is 255 Å². The van der Waals surface area contributed by atoms with Crippen molar-refractivity contribution >= 4 is 68.9 Å². The second-order valence-electron chi connectivity index (χ2n) is 25.3. The lowest BCUT2D eigenvalue weighted by molar-refractivity contribution is -0.162. The van der Waals surface area contributed by atoms with Crippen LogP contribution in [0.1, 0.15) is 88.5 Å². The first-order valence-electron chi connectivity index (χ1n) is 30.5. The van der Waals surface area contributed by atoms with Crippen LogP contribution in [-0.4, -0.2) is 153 Å². The number of hydrogen-bond donors (Lipinski definition) is 5. The Morgan fingerprint density at radius 3 is 1.25 bits per heavy atom. The molecule has 2 saturated heterocycles. The summed E-state index contributed by atoms with van der Waals surface area (Å²) in [5.74, 6) is -4.57. The molecular weight excluding hydrogens is 1140 g/mol. The molecule has 6 amide bonds. The lowest BCUT2D eigenvalue weighted by Gasteiger charge is -2.44. The number of aliphatic carboxylic acids is 1. The number of fused-ring (bicyclic) bond motifs is 2. The number of ether oxygens (including phenoxy) is 1. The third-order valence-corrected chi connectivity index (χ3v) is 17.2. The predicted octanol–water partition coefficient (Wildman–Crippen LogP) is 6.65. The number of esters is 1. The maximum atomic E-state index is 14.2. The minimum Gasteiger partial charge on any atom is -0.480 e. The number of halogens is 2. The van der Waals surface area contributed by atoms with Gasteiger partial charge in [0, 0.05) is 51.9 Å². The van der Waals surface area contributed by atoms with Crippen molar-refractivity contribution in [1.82, 2.24) is 30.2 Å². The van der Waals surface area contributed by atoms with Gasteiger partial charge in [0.25, 0.3) is 0 Å². The van der Waals surface area contributed by atoms with Gasteiger partial charge in [-0.1, -0.05) is 135 Å². The Bertz CT molecular complexity index is 3580. The van der Waals surface area contributed by atoms with Crippen LogP contribution in [0.4, 0.5) is 8.78 Å². The molecule has 6 atom stereocenters. The van der Waals surface area contributed by atoms with Crippen LogP contribution in [-0.2, 0) is 68.8 Å². The molecule has 10 rings (SSSR count). The summed E-state index contributed by atoms with van der Waals surface area (Å²) in [6.07, 6.45) is 5.23. The van der Waals surface area contributed by atoms with Crippen molar-refractivity contribution in [3.8, 4) is 0 Å². The molecule has 0 bridgehead atoms. The second-order valence-corrected chi connectivity index (χ2v) is 25.3. The summed E-state index contributed by atoms with van der Waals surface area (Å²) in [5.41, 5.74) is 12.5. The molecular formula is C69H80F2N8O10. The normalized spacial score (nSPS) is 18.5. The number of nitrogens with one attached hydrogen (secondary N) is 2. The molecule has 2 heterocycles. The molecule has 7 N–H and O–H groups in total. The maximum absolute atomic E-state index is 14.2. The molecule has 2 aliphatic carbocycles. The number of piperazine rings is 2. The Labute approximate surface area is 517 Å². The van der Waals surface area contributed by atoms with E-state index in [0.29, 0.717) is 29.9 Å². The van der Waals surface area contributed by atoms with Crippen molar-refractivity contribution in [3.05, 3.63) is 167 Å². The van der Waals surface area contributed by atoms with Gasteiger partial charge in [0.2, 0.25) is 35.4 Å². The molecule has 4 fully saturated rings. The van der Waals surface area contributed by atoms with E-state index in [4.69, 9.17) is 16.2 Å². The van der Waals surface area contributed by atoms with Gasteiger partial charge in [-0.25, -0.2) is 18.4 Å². The molecule has 89 heavy (non-hydrogen) atoms. The molecule has 18 nitrogen and oxygen atoms in total. The van der Waals surface area contributed by atoms with Gasteiger partial charge < -0.3 is 51.5 Å². The third kappa shape index (κ3) is 16.6. The zero-order valence-electron chi connectivity index (χ0n) is 51.0. The number of carbonyl (C=O) groups is 8. The molecule has 6 aromatic rings. The van der Waals surface area contributed by atoms with Crippen LogP contribution in [0.2, 0.25) is 0 Å². The first-order chi connectivity index (χ1) is 42.3. The van der Waals surface area contributed by atoms with E-state index in [2.05, 4.69) is 10.6 Å². The smallest absolute Gasteiger partial charge is 0.328 e. The highest BCUT2D eigenvalue weighted by Gasteiger charge is 2.48. The van der Waals surface area contributed by atoms with Crippen LogP contribution in [0.25, 0.3) is 21.5 Å². The molecule has 6 aromatic carbocycles. The number of benzene rings is 6. The van der Waals surface area contributed by atoms with E-state index in [-0.39, 0.29) is 63.7 Å². The fourth-order valence-electron chi connectivity index (χ4n) is 11.7. The number of carboxylic acid groups (broad SMARTS) is 1.